The van der Waals surface area contributed by atoms with E-state index in [1.165, 1.54) is 4.90 Å². The Hall–Kier alpha value is -2.66. The summed E-state index contributed by atoms with van der Waals surface area (Å²) in [7, 11) is 0. The van der Waals surface area contributed by atoms with Crippen LogP contribution >= 0.6 is 0 Å². The number of fused-ring (bicyclic) bond motifs is 1. The van der Waals surface area contributed by atoms with Crippen LogP contribution in [0.4, 0.5) is 5.69 Å². The number of carbonyl (C=O) groups is 2. The predicted molar refractivity (Wildman–Crippen MR) is 91.9 cm³/mol. The molecule has 2 aromatic rings. The Morgan fingerprint density at radius 3 is 2.33 bits per heavy atom. The molecule has 5 nitrogen and oxygen atoms in total. The smallest absolute Gasteiger partial charge is 0.261 e. The highest BCUT2D eigenvalue weighted by molar-refractivity contribution is 6.21. The first kappa shape index (κ1) is 16.2. The van der Waals surface area contributed by atoms with Gasteiger partial charge in [0.1, 0.15) is 0 Å². The standard InChI is InChI=1S/C19H20N2O3/c1-13(20-15-6-4-5-14(11-15)12-22)9-10-21-18(23)16-7-2-3-8-17(16)19(21)24/h2-8,11,13,20,22H,9-10,12H2,1H3/t13-/m1/s1. The normalized spacial score (nSPS) is 14.7. The van der Waals surface area contributed by atoms with Crippen molar-refractivity contribution in [2.24, 2.45) is 0 Å². The van der Waals surface area contributed by atoms with Gasteiger partial charge in [-0.25, -0.2) is 0 Å². The molecule has 2 amide bonds. The second-order valence-electron chi connectivity index (χ2n) is 6.00. The van der Waals surface area contributed by atoms with E-state index in [0.29, 0.717) is 24.1 Å². The summed E-state index contributed by atoms with van der Waals surface area (Å²) >= 11 is 0. The topological polar surface area (TPSA) is 69.6 Å². The average Bonchev–Trinajstić information content (AvgIpc) is 2.84. The molecule has 1 atom stereocenters. The summed E-state index contributed by atoms with van der Waals surface area (Å²) in [6.45, 7) is 2.38. The molecule has 1 aliphatic rings. The summed E-state index contributed by atoms with van der Waals surface area (Å²) in [6.07, 6.45) is 0.648. The van der Waals surface area contributed by atoms with Gasteiger partial charge in [-0.15, -0.1) is 0 Å². The van der Waals surface area contributed by atoms with Crippen LogP contribution in [0.2, 0.25) is 0 Å². The van der Waals surface area contributed by atoms with Crippen molar-refractivity contribution >= 4 is 17.5 Å². The Balaban J connectivity index is 1.60. The zero-order valence-corrected chi connectivity index (χ0v) is 13.5. The first-order valence-electron chi connectivity index (χ1n) is 8.01. The van der Waals surface area contributed by atoms with E-state index >= 15 is 0 Å². The van der Waals surface area contributed by atoms with Gasteiger partial charge in [0.25, 0.3) is 11.8 Å². The van der Waals surface area contributed by atoms with E-state index in [4.69, 9.17) is 0 Å². The van der Waals surface area contributed by atoms with E-state index in [-0.39, 0.29) is 24.5 Å². The highest BCUT2D eigenvalue weighted by atomic mass is 16.3. The van der Waals surface area contributed by atoms with Crippen LogP contribution in [0, 0.1) is 0 Å². The van der Waals surface area contributed by atoms with E-state index in [1.807, 2.05) is 31.2 Å². The maximum Gasteiger partial charge on any atom is 0.261 e. The number of aliphatic hydroxyl groups excluding tert-OH is 1. The fourth-order valence-corrected chi connectivity index (χ4v) is 2.88. The molecule has 0 unspecified atom stereocenters. The molecule has 0 radical (unpaired) electrons. The van der Waals surface area contributed by atoms with Gasteiger partial charge < -0.3 is 10.4 Å². The van der Waals surface area contributed by atoms with E-state index in [1.54, 1.807) is 24.3 Å². The Morgan fingerprint density at radius 2 is 1.71 bits per heavy atom. The van der Waals surface area contributed by atoms with Crippen LogP contribution in [0.3, 0.4) is 0 Å². The monoisotopic (exact) mass is 324 g/mol. The molecule has 0 aliphatic carbocycles. The molecule has 0 spiro atoms. The van der Waals surface area contributed by atoms with Crippen LogP contribution in [0.25, 0.3) is 0 Å². The van der Waals surface area contributed by atoms with Crippen LogP contribution in [-0.4, -0.2) is 34.4 Å². The minimum absolute atomic E-state index is 0.00105. The molecule has 1 heterocycles. The molecule has 1 aliphatic heterocycles. The average molecular weight is 324 g/mol. The van der Waals surface area contributed by atoms with Gasteiger partial charge in [-0.1, -0.05) is 24.3 Å². The Morgan fingerprint density at radius 1 is 1.04 bits per heavy atom. The number of aliphatic hydroxyl groups is 1. The second-order valence-corrected chi connectivity index (χ2v) is 6.00. The quantitative estimate of drug-likeness (QED) is 0.802. The van der Waals surface area contributed by atoms with Crippen molar-refractivity contribution in [3.63, 3.8) is 0 Å². The number of amides is 2. The SMILES string of the molecule is C[C@H](CCN1C(=O)c2ccccc2C1=O)Nc1cccc(CO)c1. The third-order valence-electron chi connectivity index (χ3n) is 4.19. The Kier molecular flexibility index (Phi) is 4.62. The van der Waals surface area contributed by atoms with Crippen molar-refractivity contribution in [3.8, 4) is 0 Å². The number of anilines is 1. The number of carbonyl (C=O) groups excluding carboxylic acids is 2. The van der Waals surface area contributed by atoms with Gasteiger partial charge in [0.15, 0.2) is 0 Å². The van der Waals surface area contributed by atoms with Crippen LogP contribution in [-0.2, 0) is 6.61 Å². The van der Waals surface area contributed by atoms with Crippen LogP contribution in [0.1, 0.15) is 39.6 Å². The molecular formula is C19H20N2O3. The molecule has 0 aromatic heterocycles. The van der Waals surface area contributed by atoms with E-state index in [9.17, 15) is 14.7 Å². The molecule has 0 saturated carbocycles. The van der Waals surface area contributed by atoms with Crippen LogP contribution < -0.4 is 5.32 Å². The highest BCUT2D eigenvalue weighted by Crippen LogP contribution is 2.23. The van der Waals surface area contributed by atoms with Crippen molar-refractivity contribution in [3.05, 3.63) is 65.2 Å². The highest BCUT2D eigenvalue weighted by Gasteiger charge is 2.34. The summed E-state index contributed by atoms with van der Waals surface area (Å²) < 4.78 is 0. The molecule has 2 aromatic carbocycles. The summed E-state index contributed by atoms with van der Waals surface area (Å²) in [6, 6.07) is 14.6. The van der Waals surface area contributed by atoms with E-state index < -0.39 is 0 Å². The van der Waals surface area contributed by atoms with Crippen molar-refractivity contribution < 1.29 is 14.7 Å². The molecule has 0 bridgehead atoms. The zero-order valence-electron chi connectivity index (χ0n) is 13.5. The van der Waals surface area contributed by atoms with Gasteiger partial charge in [-0.05, 0) is 43.2 Å². The maximum atomic E-state index is 12.3. The summed E-state index contributed by atoms with van der Waals surface area (Å²) in [5, 5.41) is 12.5. The Labute approximate surface area is 140 Å². The minimum Gasteiger partial charge on any atom is -0.392 e. The first-order chi connectivity index (χ1) is 11.6. The van der Waals surface area contributed by atoms with Crippen LogP contribution in [0.5, 0.6) is 0 Å². The molecule has 24 heavy (non-hydrogen) atoms. The molecule has 124 valence electrons. The number of hydrogen-bond donors (Lipinski definition) is 2. The van der Waals surface area contributed by atoms with Gasteiger partial charge in [0, 0.05) is 18.3 Å². The lowest BCUT2D eigenvalue weighted by molar-refractivity contribution is 0.0651. The zero-order chi connectivity index (χ0) is 17.1. The lowest BCUT2D eigenvalue weighted by atomic mass is 10.1. The number of nitrogens with one attached hydrogen (secondary N) is 1. The summed E-state index contributed by atoms with van der Waals surface area (Å²) in [5.74, 6) is -0.435. The number of rotatable bonds is 6. The molecule has 0 saturated heterocycles. The second kappa shape index (κ2) is 6.84. The fraction of sp³-hybridized carbons (Fsp3) is 0.263. The number of nitrogens with zero attached hydrogens (tertiary/aromatic N) is 1. The van der Waals surface area contributed by atoms with Crippen molar-refractivity contribution in [2.45, 2.75) is 26.0 Å². The lowest BCUT2D eigenvalue weighted by Crippen LogP contribution is -2.33. The molecule has 3 rings (SSSR count). The van der Waals surface area contributed by atoms with Gasteiger partial charge in [-0.2, -0.15) is 0 Å². The van der Waals surface area contributed by atoms with Gasteiger partial charge in [-0.3, -0.25) is 14.5 Å². The molecule has 5 heteroatoms. The maximum absolute atomic E-state index is 12.3. The summed E-state index contributed by atoms with van der Waals surface area (Å²) in [5.41, 5.74) is 2.72. The van der Waals surface area contributed by atoms with Gasteiger partial charge in [0.2, 0.25) is 0 Å². The lowest BCUT2D eigenvalue weighted by Gasteiger charge is -2.19. The number of imide groups is 1. The predicted octanol–water partition coefficient (Wildman–Crippen LogP) is 2.67. The van der Waals surface area contributed by atoms with E-state index in [0.717, 1.165) is 11.3 Å². The van der Waals surface area contributed by atoms with E-state index in [2.05, 4.69) is 5.32 Å². The Bertz CT molecular complexity index is 738. The molecular weight excluding hydrogens is 304 g/mol. The third kappa shape index (κ3) is 3.16. The third-order valence-corrected chi connectivity index (χ3v) is 4.19. The van der Waals surface area contributed by atoms with Gasteiger partial charge >= 0.3 is 0 Å². The largest absolute Gasteiger partial charge is 0.392 e. The first-order valence-corrected chi connectivity index (χ1v) is 8.01. The number of benzene rings is 2. The van der Waals surface area contributed by atoms with Crippen molar-refractivity contribution in [1.29, 1.82) is 0 Å². The summed E-state index contributed by atoms with van der Waals surface area (Å²) in [4.78, 5) is 25.9. The number of hydrogen-bond acceptors (Lipinski definition) is 4. The molecule has 0 fully saturated rings. The fourth-order valence-electron chi connectivity index (χ4n) is 2.88. The molecule has 2 N–H and O–H groups in total. The van der Waals surface area contributed by atoms with Crippen molar-refractivity contribution in [2.75, 3.05) is 11.9 Å². The van der Waals surface area contributed by atoms with Crippen molar-refractivity contribution in [1.82, 2.24) is 4.90 Å². The minimum atomic E-state index is -0.218. The van der Waals surface area contributed by atoms with Crippen LogP contribution in [0.15, 0.2) is 48.5 Å². The van der Waals surface area contributed by atoms with Gasteiger partial charge in [0.05, 0.1) is 17.7 Å².